The number of nitrogens with one attached hydrogen (secondary N) is 1. The molecule has 66 heavy (non-hydrogen) atoms. The van der Waals surface area contributed by atoms with Gasteiger partial charge in [-0.05, 0) is 82.0 Å². The molecule has 23 heteroatoms. The van der Waals surface area contributed by atoms with Gasteiger partial charge in [-0.3, -0.25) is 24.3 Å². The fourth-order valence-corrected chi connectivity index (χ4v) is 10.2. The molecule has 2 aromatic carbocycles. The molecule has 3 aliphatic rings. The first-order valence-electron chi connectivity index (χ1n) is 20.5. The fraction of sp³-hybridized carbons (Fsp3) is 0.442. The van der Waals surface area contributed by atoms with Gasteiger partial charge in [-0.15, -0.1) is 0 Å². The van der Waals surface area contributed by atoms with Crippen molar-refractivity contribution >= 4 is 77.2 Å². The Morgan fingerprint density at radius 3 is 2.15 bits per heavy atom. The van der Waals surface area contributed by atoms with Gasteiger partial charge in [0.2, 0.25) is 11.6 Å². The topological polar surface area (TPSA) is 286 Å². The number of unbranched alkanes of at least 4 members (excludes halogenated alkanes) is 2. The molecule has 19 nitrogen and oxygen atoms in total. The molecule has 0 bridgehead atoms. The second kappa shape index (κ2) is 22.5. The molecule has 0 saturated heterocycles. The largest absolute Gasteiger partial charge is 0.748 e. The highest BCUT2D eigenvalue weighted by Crippen LogP contribution is 2.52. The van der Waals surface area contributed by atoms with Crippen LogP contribution in [0.5, 0.6) is 0 Å². The summed E-state index contributed by atoms with van der Waals surface area (Å²) in [6, 6.07) is 9.25. The third-order valence-electron chi connectivity index (χ3n) is 11.4. The maximum Gasteiger partial charge on any atom is 0.253 e. The van der Waals surface area contributed by atoms with Crippen LogP contribution in [0.4, 0.5) is 11.4 Å². The molecule has 1 atom stereocenters. The van der Waals surface area contributed by atoms with Crippen molar-refractivity contribution in [2.45, 2.75) is 93.8 Å². The number of carbonyl (C=O) groups excluding carboxylic acids is 3. The van der Waals surface area contributed by atoms with Gasteiger partial charge < -0.3 is 29.1 Å². The second-order valence-corrected chi connectivity index (χ2v) is 21.5. The van der Waals surface area contributed by atoms with E-state index in [1.807, 2.05) is 37.8 Å². The number of imide groups is 1. The summed E-state index contributed by atoms with van der Waals surface area (Å²) in [5.41, 5.74) is 2.34. The Balaban J connectivity index is 0.00000952. The van der Waals surface area contributed by atoms with Crippen LogP contribution in [0, 0.1) is 0 Å². The first kappa shape index (κ1) is 54.0. The van der Waals surface area contributed by atoms with Crippen LogP contribution in [0.15, 0.2) is 94.4 Å². The van der Waals surface area contributed by atoms with Gasteiger partial charge in [0.15, 0.2) is 5.71 Å². The molecule has 3 amide bonds. The number of hydrogen-bond donors (Lipinski definition) is 1. The normalized spacial score (nSPS) is 18.9. The van der Waals surface area contributed by atoms with Gasteiger partial charge in [0.25, 0.3) is 11.8 Å². The van der Waals surface area contributed by atoms with E-state index in [4.69, 9.17) is 0 Å². The van der Waals surface area contributed by atoms with Crippen LogP contribution in [0.25, 0.3) is 0 Å². The molecule has 0 aliphatic carbocycles. The lowest BCUT2D eigenvalue weighted by atomic mass is 9.77. The number of rotatable bonds is 24. The molecule has 5 rings (SSSR count). The first-order chi connectivity index (χ1) is 30.5. The van der Waals surface area contributed by atoms with Gasteiger partial charge in [0.1, 0.15) is 16.7 Å². The third kappa shape index (κ3) is 13.8. The predicted molar refractivity (Wildman–Crippen MR) is 240 cm³/mol. The van der Waals surface area contributed by atoms with Crippen molar-refractivity contribution in [3.05, 3.63) is 95.8 Å². The molecular weight excluding hydrogens is 941 g/mol. The summed E-state index contributed by atoms with van der Waals surface area (Å²) in [6.07, 6.45) is 13.6. The van der Waals surface area contributed by atoms with Crippen LogP contribution >= 0.6 is 12.0 Å². The van der Waals surface area contributed by atoms with Crippen LogP contribution in [-0.2, 0) is 64.9 Å². The van der Waals surface area contributed by atoms with Gasteiger partial charge in [-0.25, -0.2) is 25.3 Å². The number of allylic oxidation sites excluding steroid dienone is 6. The minimum absolute atomic E-state index is 0. The lowest BCUT2D eigenvalue weighted by Gasteiger charge is -2.30. The van der Waals surface area contributed by atoms with Crippen molar-refractivity contribution in [3.63, 3.8) is 0 Å². The van der Waals surface area contributed by atoms with E-state index >= 15 is 0 Å². The van der Waals surface area contributed by atoms with E-state index in [-0.39, 0.29) is 58.8 Å². The first-order valence-corrected chi connectivity index (χ1v) is 25.8. The Kier molecular flexibility index (Phi) is 18.4. The molecule has 0 fully saturated rings. The summed E-state index contributed by atoms with van der Waals surface area (Å²) in [7, 11) is -13.9. The van der Waals surface area contributed by atoms with Crippen LogP contribution < -0.4 is 15.5 Å². The highest BCUT2D eigenvalue weighted by molar-refractivity contribution is 7.94. The molecular formula is C43H53N4O15S4-3. The summed E-state index contributed by atoms with van der Waals surface area (Å²) in [6.45, 7) is 6.04. The predicted octanol–water partition coefficient (Wildman–Crippen LogP) is 3.47. The number of benzene rings is 2. The standard InChI is InChI=1S/C42H52N4O15S4.CH4/c1-41(2)32-29-31(65(57,58)59)16-18-34(32)44(23-10-26-63(51,52)53)36(41)12-6-4-7-13-37-42(3,21-9-5-8-14-38(47)43-22-25-46-39(48)19-20-40(46)49)33-28-30(62-61-60-50)15-17-35(33)45(37)24-11-27-64(54,55)56;/h4,6-7,12-13,15-20,28-29H,5,8-11,14,21-27H2,1-3H3,(H4-,43,47,50,51,52,53,54,55,56,57,58,59);1H4/p-3. The lowest BCUT2D eigenvalue weighted by Crippen LogP contribution is -2.38. The maximum atomic E-state index is 12.6. The highest BCUT2D eigenvalue weighted by Gasteiger charge is 2.45. The van der Waals surface area contributed by atoms with Crippen molar-refractivity contribution in [2.24, 2.45) is 0 Å². The van der Waals surface area contributed by atoms with Gasteiger partial charge >= 0.3 is 0 Å². The number of nitrogens with zero attached hydrogens (tertiary/aromatic N) is 3. The van der Waals surface area contributed by atoms with E-state index in [1.165, 1.54) is 30.4 Å². The third-order valence-corrected chi connectivity index (χ3v) is 14.4. The van der Waals surface area contributed by atoms with Crippen molar-refractivity contribution in [2.75, 3.05) is 42.6 Å². The minimum Gasteiger partial charge on any atom is -0.748 e. The van der Waals surface area contributed by atoms with E-state index in [0.717, 1.165) is 21.8 Å². The van der Waals surface area contributed by atoms with Crippen molar-refractivity contribution in [3.8, 4) is 0 Å². The minimum atomic E-state index is -4.80. The Morgan fingerprint density at radius 1 is 0.818 bits per heavy atom. The van der Waals surface area contributed by atoms with Gasteiger partial charge in [0, 0.05) is 95.5 Å². The summed E-state index contributed by atoms with van der Waals surface area (Å²) < 4.78 is 111. The summed E-state index contributed by atoms with van der Waals surface area (Å²) in [5.74, 6) is -2.35. The number of carbonyl (C=O) groups is 3. The molecule has 0 radical (unpaired) electrons. The molecule has 362 valence electrons. The van der Waals surface area contributed by atoms with E-state index in [2.05, 4.69) is 14.7 Å². The Morgan fingerprint density at radius 2 is 1.50 bits per heavy atom. The second-order valence-electron chi connectivity index (χ2n) is 16.3. The Hall–Kier alpha value is -4.56. The Labute approximate surface area is 390 Å². The van der Waals surface area contributed by atoms with Crippen LogP contribution in [0.2, 0.25) is 0 Å². The Bertz CT molecular complexity index is 2640. The van der Waals surface area contributed by atoms with Crippen molar-refractivity contribution in [1.82, 2.24) is 10.2 Å². The zero-order chi connectivity index (χ0) is 47.8. The van der Waals surface area contributed by atoms with E-state index in [9.17, 15) is 58.6 Å². The van der Waals surface area contributed by atoms with Gasteiger partial charge in [-0.1, -0.05) is 38.5 Å². The number of hydrogen-bond acceptors (Lipinski definition) is 17. The average Bonchev–Trinajstić information content (AvgIpc) is 3.74. The van der Waals surface area contributed by atoms with Gasteiger partial charge in [0.05, 0.1) is 42.6 Å². The van der Waals surface area contributed by atoms with Crippen LogP contribution in [0.1, 0.15) is 84.3 Å². The molecule has 1 N–H and O–H groups in total. The average molecular weight is 994 g/mol. The smallest absolute Gasteiger partial charge is 0.253 e. The van der Waals surface area contributed by atoms with Crippen LogP contribution in [0.3, 0.4) is 0 Å². The molecule has 3 heterocycles. The maximum absolute atomic E-state index is 12.6. The number of amides is 3. The van der Waals surface area contributed by atoms with Gasteiger partial charge in [-0.2, -0.15) is 8.91 Å². The number of fused-ring (bicyclic) bond motifs is 2. The SMILES string of the molecule is C.CC1(C)C(C=CC=CC=C2N(CCCS(=O)(=O)[O-])c3ccc(SOO[O-])cc3C2(C)CCCCCC(=O)NCCN2C(=O)C=CC2=O)=[N+](CCCS(=O)(=O)[O-])c2ccc(S(=O)(=O)[O-])cc21. The zero-order valence-corrected chi connectivity index (χ0v) is 39.1. The lowest BCUT2D eigenvalue weighted by molar-refractivity contribution is -0.777. The highest BCUT2D eigenvalue weighted by atomic mass is 32.2. The summed E-state index contributed by atoms with van der Waals surface area (Å²) in [5, 5.41) is 17.0. The van der Waals surface area contributed by atoms with E-state index in [1.54, 1.807) is 41.0 Å². The molecule has 1 unspecified atom stereocenters. The molecule has 0 saturated carbocycles. The quantitative estimate of drug-likeness (QED) is 0.0230. The van der Waals surface area contributed by atoms with E-state index < -0.39 is 69.4 Å². The summed E-state index contributed by atoms with van der Waals surface area (Å²) in [4.78, 5) is 39.2. The van der Waals surface area contributed by atoms with E-state index in [0.29, 0.717) is 59.6 Å². The van der Waals surface area contributed by atoms with Crippen molar-refractivity contribution in [1.29, 1.82) is 0 Å². The molecule has 0 aromatic heterocycles. The zero-order valence-electron chi connectivity index (χ0n) is 35.8. The monoisotopic (exact) mass is 993 g/mol. The molecule has 3 aliphatic heterocycles. The van der Waals surface area contributed by atoms with Crippen molar-refractivity contribution < 1.29 is 72.5 Å². The fourth-order valence-electron chi connectivity index (χ4n) is 8.34. The summed E-state index contributed by atoms with van der Waals surface area (Å²) >= 11 is 0.699. The molecule has 2 aromatic rings. The van der Waals surface area contributed by atoms with Crippen LogP contribution in [-0.4, -0.2) is 110 Å². The number of anilines is 1. The molecule has 0 spiro atoms.